The van der Waals surface area contributed by atoms with Gasteiger partial charge in [-0.3, -0.25) is 34.1 Å². The summed E-state index contributed by atoms with van der Waals surface area (Å²) < 4.78 is 28.0. The summed E-state index contributed by atoms with van der Waals surface area (Å²) in [4.78, 5) is 58.0. The van der Waals surface area contributed by atoms with E-state index in [1.54, 1.807) is 43.6 Å². The number of carbonyl (C=O) groups excluding carboxylic acids is 4. The Hall–Kier alpha value is -5.09. The molecule has 2 fully saturated rings. The van der Waals surface area contributed by atoms with Crippen molar-refractivity contribution >= 4 is 58.3 Å². The molecule has 7 rings (SSSR count). The topological polar surface area (TPSA) is 174 Å². The fourth-order valence-corrected chi connectivity index (χ4v) is 8.06. The van der Waals surface area contributed by atoms with Crippen molar-refractivity contribution in [1.82, 2.24) is 29.9 Å². The van der Waals surface area contributed by atoms with Crippen molar-refractivity contribution in [3.8, 4) is 16.9 Å². The first kappa shape index (κ1) is 39.2. The molecule has 2 aromatic carbocycles. The Kier molecular flexibility index (Phi) is 11.9. The maximum Gasteiger partial charge on any atom is 0.264 e. The lowest BCUT2D eigenvalue weighted by atomic mass is 10.0. The number of carbonyl (C=O) groups is 4. The van der Waals surface area contributed by atoms with E-state index in [-0.39, 0.29) is 45.9 Å². The van der Waals surface area contributed by atoms with Gasteiger partial charge in [0.25, 0.3) is 11.8 Å². The first-order chi connectivity index (χ1) is 27.0. The SMILES string of the molecule is CC(Oc1cc(-c2cnn(C3CCN(CCCOCCNc4cccc5c4C(=O)N(C4CCC(=O)NC4=O)C5=O)CC3)c2)cnc1N)c1c(Cl)ccc(F)c1Cl. The highest BCUT2D eigenvalue weighted by atomic mass is 35.5. The second kappa shape index (κ2) is 17.0. The van der Waals surface area contributed by atoms with E-state index in [0.717, 1.165) is 54.9 Å². The van der Waals surface area contributed by atoms with Crippen LogP contribution in [0.5, 0.6) is 5.75 Å². The third-order valence-corrected chi connectivity index (χ3v) is 11.0. The minimum Gasteiger partial charge on any atom is -0.482 e. The largest absolute Gasteiger partial charge is 0.482 e. The van der Waals surface area contributed by atoms with Crippen molar-refractivity contribution in [2.45, 2.75) is 57.2 Å². The normalized spacial score (nSPS) is 18.3. The average molecular weight is 808 g/mol. The average Bonchev–Trinajstić information content (AvgIpc) is 3.77. The highest BCUT2D eigenvalue weighted by Gasteiger charge is 2.45. The molecule has 0 radical (unpaired) electrons. The molecule has 2 saturated heterocycles. The molecule has 2 atom stereocenters. The van der Waals surface area contributed by atoms with Crippen molar-refractivity contribution in [1.29, 1.82) is 0 Å². The van der Waals surface area contributed by atoms with Crippen LogP contribution in [-0.2, 0) is 14.3 Å². The van der Waals surface area contributed by atoms with E-state index in [1.807, 2.05) is 10.9 Å². The van der Waals surface area contributed by atoms with E-state index in [2.05, 4.69) is 25.6 Å². The Morgan fingerprint density at radius 2 is 1.84 bits per heavy atom. The Bertz CT molecular complexity index is 2160. The van der Waals surface area contributed by atoms with E-state index in [9.17, 15) is 23.6 Å². The zero-order valence-corrected chi connectivity index (χ0v) is 32.1. The Morgan fingerprint density at radius 1 is 1.04 bits per heavy atom. The van der Waals surface area contributed by atoms with E-state index >= 15 is 0 Å². The Labute approximate surface area is 332 Å². The molecule has 0 bridgehead atoms. The van der Waals surface area contributed by atoms with Gasteiger partial charge in [0.2, 0.25) is 11.8 Å². The van der Waals surface area contributed by atoms with Gasteiger partial charge >= 0.3 is 0 Å². The molecule has 3 aliphatic rings. The van der Waals surface area contributed by atoms with Gasteiger partial charge in [0.1, 0.15) is 18.0 Å². The molecule has 5 heterocycles. The number of amides is 4. The monoisotopic (exact) mass is 806 g/mol. The summed E-state index contributed by atoms with van der Waals surface area (Å²) in [6.45, 7) is 5.85. The van der Waals surface area contributed by atoms with Crippen LogP contribution in [0.3, 0.4) is 0 Å². The van der Waals surface area contributed by atoms with E-state index in [0.29, 0.717) is 36.8 Å². The Balaban J connectivity index is 0.833. The number of aromatic nitrogens is 3. The van der Waals surface area contributed by atoms with Crippen LogP contribution in [0.25, 0.3) is 11.1 Å². The molecule has 2 aromatic heterocycles. The second-order valence-corrected chi connectivity index (χ2v) is 14.8. The summed E-state index contributed by atoms with van der Waals surface area (Å²) in [5, 5.41) is 10.2. The predicted octanol–water partition coefficient (Wildman–Crippen LogP) is 5.67. The third-order valence-electron chi connectivity index (χ3n) is 10.3. The number of anilines is 2. The smallest absolute Gasteiger partial charge is 0.264 e. The van der Waals surface area contributed by atoms with Crippen LogP contribution in [0.15, 0.2) is 55.0 Å². The van der Waals surface area contributed by atoms with Gasteiger partial charge in [0.05, 0.1) is 35.0 Å². The van der Waals surface area contributed by atoms with Crippen LogP contribution < -0.4 is 21.1 Å². The van der Waals surface area contributed by atoms with Gasteiger partial charge in [-0.05, 0) is 62.9 Å². The number of likely N-dealkylation sites (tertiary alicyclic amines) is 1. The zero-order chi connectivity index (χ0) is 39.5. The lowest BCUT2D eigenvalue weighted by Crippen LogP contribution is -2.54. The predicted molar refractivity (Wildman–Crippen MR) is 207 cm³/mol. The van der Waals surface area contributed by atoms with Crippen molar-refractivity contribution in [2.24, 2.45) is 0 Å². The van der Waals surface area contributed by atoms with Gasteiger partial charge in [0, 0.05) is 79.0 Å². The van der Waals surface area contributed by atoms with E-state index in [1.165, 1.54) is 12.1 Å². The number of nitrogens with one attached hydrogen (secondary N) is 2. The lowest BCUT2D eigenvalue weighted by Gasteiger charge is -2.32. The molecule has 3 aliphatic heterocycles. The van der Waals surface area contributed by atoms with E-state index < -0.39 is 41.6 Å². The first-order valence-corrected chi connectivity index (χ1v) is 19.2. The molecule has 4 amide bonds. The van der Waals surface area contributed by atoms with Crippen LogP contribution in [0.2, 0.25) is 10.0 Å². The third kappa shape index (κ3) is 8.21. The molecular formula is C39H41Cl2FN8O6. The van der Waals surface area contributed by atoms with Gasteiger partial charge in [-0.2, -0.15) is 5.10 Å². The molecule has 2 unspecified atom stereocenters. The van der Waals surface area contributed by atoms with Gasteiger partial charge in [0.15, 0.2) is 11.6 Å². The number of fused-ring (bicyclic) bond motifs is 1. The molecular weight excluding hydrogens is 766 g/mol. The highest BCUT2D eigenvalue weighted by molar-refractivity contribution is 6.36. The summed E-state index contributed by atoms with van der Waals surface area (Å²) in [5.74, 6) is -2.23. The van der Waals surface area contributed by atoms with Crippen molar-refractivity contribution in [2.75, 3.05) is 50.4 Å². The number of rotatable bonds is 14. The number of hydrogen-bond donors (Lipinski definition) is 3. The number of piperidine rings is 2. The standard InChI is InChI=1S/C39H41Cl2FN8O6/c1-22(33-27(40)6-7-28(42)35(33)41)56-31-18-23(19-45-36(31)43)24-20-46-49(21-24)25-10-14-48(15-11-25)13-3-16-55-17-12-44-29-5-2-4-26-34(29)39(54)50(38(26)53)30-8-9-32(51)47-37(30)52/h2,4-7,18-22,25,30,44H,3,8-17H2,1H3,(H2,43,45)(H,47,51,52). The molecule has 4 N–H and O–H groups in total. The molecule has 4 aromatic rings. The summed E-state index contributed by atoms with van der Waals surface area (Å²) in [7, 11) is 0. The number of imide groups is 2. The minimum atomic E-state index is -1.01. The van der Waals surface area contributed by atoms with Crippen LogP contribution in [0, 0.1) is 5.82 Å². The summed E-state index contributed by atoms with van der Waals surface area (Å²) >= 11 is 12.5. The molecule has 0 aliphatic carbocycles. The number of benzene rings is 2. The maximum absolute atomic E-state index is 14.1. The zero-order valence-electron chi connectivity index (χ0n) is 30.6. The number of hydrogen-bond acceptors (Lipinski definition) is 11. The minimum absolute atomic E-state index is 0.0657. The van der Waals surface area contributed by atoms with Crippen LogP contribution in [0.1, 0.15) is 77.5 Å². The van der Waals surface area contributed by atoms with Crippen LogP contribution in [-0.4, -0.2) is 93.6 Å². The van der Waals surface area contributed by atoms with Crippen molar-refractivity contribution in [3.05, 3.63) is 87.5 Å². The summed E-state index contributed by atoms with van der Waals surface area (Å²) in [5.41, 5.74) is 9.03. The number of halogens is 3. The fourth-order valence-electron chi connectivity index (χ4n) is 7.38. The van der Waals surface area contributed by atoms with Gasteiger partial charge in [-0.1, -0.05) is 29.3 Å². The van der Waals surface area contributed by atoms with E-state index in [4.69, 9.17) is 38.4 Å². The fraction of sp³-hybridized carbons (Fsp3) is 0.385. The molecule has 0 saturated carbocycles. The molecule has 17 heteroatoms. The van der Waals surface area contributed by atoms with Crippen LogP contribution >= 0.6 is 23.2 Å². The van der Waals surface area contributed by atoms with Crippen molar-refractivity contribution < 1.29 is 33.0 Å². The lowest BCUT2D eigenvalue weighted by molar-refractivity contribution is -0.136. The summed E-state index contributed by atoms with van der Waals surface area (Å²) in [6, 6.07) is 8.62. The maximum atomic E-state index is 14.1. The van der Waals surface area contributed by atoms with Crippen LogP contribution in [0.4, 0.5) is 15.9 Å². The van der Waals surface area contributed by atoms with Crippen molar-refractivity contribution in [3.63, 3.8) is 0 Å². The molecule has 56 heavy (non-hydrogen) atoms. The van der Waals surface area contributed by atoms with Gasteiger partial charge < -0.3 is 25.4 Å². The quantitative estimate of drug-likeness (QED) is 0.0814. The van der Waals surface area contributed by atoms with Gasteiger partial charge in [-0.15, -0.1) is 0 Å². The molecule has 14 nitrogen and oxygen atoms in total. The second-order valence-electron chi connectivity index (χ2n) is 14.0. The Morgan fingerprint density at radius 3 is 2.62 bits per heavy atom. The molecule has 294 valence electrons. The first-order valence-electron chi connectivity index (χ1n) is 18.5. The summed E-state index contributed by atoms with van der Waals surface area (Å²) in [6.07, 6.45) is 7.67. The number of nitrogens with two attached hydrogens (primary N) is 1. The number of ether oxygens (including phenoxy) is 2. The highest BCUT2D eigenvalue weighted by Crippen LogP contribution is 2.37. The number of pyridine rings is 1. The number of nitrogens with zero attached hydrogens (tertiary/aromatic N) is 5. The number of nitrogen functional groups attached to an aromatic ring is 1. The van der Waals surface area contributed by atoms with Gasteiger partial charge in [-0.25, -0.2) is 9.37 Å². The molecule has 0 spiro atoms.